The Hall–Kier alpha value is -0.860. The molecule has 142 valence electrons. The summed E-state index contributed by atoms with van der Waals surface area (Å²) in [6, 6.07) is 0. The fourth-order valence-corrected chi connectivity index (χ4v) is 2.96. The average Bonchev–Trinajstić information content (AvgIpc) is 2.58. The lowest BCUT2D eigenvalue weighted by Crippen LogP contribution is -2.05. The fraction of sp³-hybridized carbons (Fsp3) is 0.905. The lowest BCUT2D eigenvalue weighted by atomic mass is 10.0. The minimum absolute atomic E-state index is 0.112. The van der Waals surface area contributed by atoms with Crippen LogP contribution < -0.4 is 0 Å². The first kappa shape index (κ1) is 23.1. The molecule has 24 heavy (non-hydrogen) atoms. The molecule has 0 saturated heterocycles. The van der Waals surface area contributed by atoms with Crippen LogP contribution in [0.25, 0.3) is 0 Å². The van der Waals surface area contributed by atoms with Gasteiger partial charge in [-0.15, -0.1) is 0 Å². The summed E-state index contributed by atoms with van der Waals surface area (Å²) >= 11 is 0. The number of ether oxygens (including phenoxy) is 1. The quantitative estimate of drug-likeness (QED) is 0.119. The van der Waals surface area contributed by atoms with Crippen LogP contribution in [0.1, 0.15) is 116 Å². The van der Waals surface area contributed by atoms with E-state index in [9.17, 15) is 9.59 Å². The van der Waals surface area contributed by atoms with Crippen LogP contribution in [-0.4, -0.2) is 18.9 Å². The Labute approximate surface area is 149 Å². The second-order valence-corrected chi connectivity index (χ2v) is 6.89. The van der Waals surface area contributed by atoms with E-state index in [-0.39, 0.29) is 6.42 Å². The topological polar surface area (TPSA) is 43.4 Å². The van der Waals surface area contributed by atoms with Gasteiger partial charge in [0.1, 0.15) is 12.7 Å². The first-order valence-electron chi connectivity index (χ1n) is 10.4. The Kier molecular flexibility index (Phi) is 19.5. The summed E-state index contributed by atoms with van der Waals surface area (Å²) in [5, 5.41) is 0. The van der Waals surface area contributed by atoms with Crippen molar-refractivity contribution >= 4 is 12.3 Å². The molecule has 0 saturated carbocycles. The Morgan fingerprint density at radius 2 is 1.04 bits per heavy atom. The van der Waals surface area contributed by atoms with E-state index in [1.807, 2.05) is 0 Å². The lowest BCUT2D eigenvalue weighted by Gasteiger charge is -2.04. The number of carbonyl (C=O) groups excluding carboxylic acids is 2. The number of unbranched alkanes of at least 4 members (excludes halogenated alkanes) is 15. The van der Waals surface area contributed by atoms with Crippen LogP contribution in [0.15, 0.2) is 0 Å². The van der Waals surface area contributed by atoms with E-state index in [2.05, 4.69) is 6.92 Å². The maximum absolute atomic E-state index is 10.9. The van der Waals surface area contributed by atoms with E-state index >= 15 is 0 Å². The van der Waals surface area contributed by atoms with E-state index < -0.39 is 5.97 Å². The normalized spacial score (nSPS) is 10.7. The van der Waals surface area contributed by atoms with Crippen molar-refractivity contribution in [3.63, 3.8) is 0 Å². The van der Waals surface area contributed by atoms with Crippen LogP contribution in [0, 0.1) is 0 Å². The van der Waals surface area contributed by atoms with Crippen molar-refractivity contribution in [2.45, 2.75) is 116 Å². The minimum atomic E-state index is -0.397. The molecule has 0 spiro atoms. The van der Waals surface area contributed by atoms with Crippen molar-refractivity contribution in [2.24, 2.45) is 0 Å². The predicted molar refractivity (Wildman–Crippen MR) is 101 cm³/mol. The average molecular weight is 341 g/mol. The third kappa shape index (κ3) is 19.2. The van der Waals surface area contributed by atoms with Gasteiger partial charge in [0.05, 0.1) is 6.61 Å². The number of aldehydes is 1. The number of hydrogen-bond donors (Lipinski definition) is 0. The molecule has 0 aliphatic heterocycles. The van der Waals surface area contributed by atoms with E-state index in [1.165, 1.54) is 89.9 Å². The molecule has 0 aromatic rings. The molecule has 0 bridgehead atoms. The number of rotatable bonds is 19. The van der Waals surface area contributed by atoms with E-state index in [4.69, 9.17) is 4.74 Å². The van der Waals surface area contributed by atoms with E-state index in [1.54, 1.807) is 0 Å². The third-order valence-electron chi connectivity index (χ3n) is 4.51. The van der Waals surface area contributed by atoms with E-state index in [0.29, 0.717) is 12.9 Å². The monoisotopic (exact) mass is 340 g/mol. The van der Waals surface area contributed by atoms with Gasteiger partial charge in [0.25, 0.3) is 0 Å². The van der Waals surface area contributed by atoms with Crippen molar-refractivity contribution in [3.8, 4) is 0 Å². The molecule has 0 unspecified atom stereocenters. The van der Waals surface area contributed by atoms with Gasteiger partial charge in [-0.25, -0.2) is 0 Å². The maximum Gasteiger partial charge on any atom is 0.313 e. The van der Waals surface area contributed by atoms with Crippen LogP contribution in [-0.2, 0) is 14.3 Å². The second kappa shape index (κ2) is 20.2. The highest BCUT2D eigenvalue weighted by molar-refractivity contribution is 5.83. The van der Waals surface area contributed by atoms with Gasteiger partial charge in [-0.3, -0.25) is 4.79 Å². The van der Waals surface area contributed by atoms with Crippen molar-refractivity contribution < 1.29 is 14.3 Å². The predicted octanol–water partition coefficient (Wildman–Crippen LogP) is 6.38. The summed E-state index contributed by atoms with van der Waals surface area (Å²) in [7, 11) is 0. The number of carbonyl (C=O) groups is 2. The zero-order chi connectivity index (χ0) is 17.7. The molecule has 0 fully saturated rings. The molecule has 3 heteroatoms. The highest BCUT2D eigenvalue weighted by Gasteiger charge is 2.00. The van der Waals surface area contributed by atoms with Crippen LogP contribution in [0.2, 0.25) is 0 Å². The smallest absolute Gasteiger partial charge is 0.313 e. The number of hydrogen-bond acceptors (Lipinski definition) is 3. The molecular formula is C21H40O3. The van der Waals surface area contributed by atoms with Gasteiger partial charge in [-0.05, 0) is 6.42 Å². The van der Waals surface area contributed by atoms with Crippen LogP contribution in [0.5, 0.6) is 0 Å². The summed E-state index contributed by atoms with van der Waals surface area (Å²) in [5.74, 6) is -0.397. The lowest BCUT2D eigenvalue weighted by molar-refractivity contribution is -0.144. The first-order chi connectivity index (χ1) is 11.8. The summed E-state index contributed by atoms with van der Waals surface area (Å²) in [6.07, 6.45) is 21.8. The Balaban J connectivity index is 3.02. The molecule has 0 aromatic heterocycles. The Bertz CT molecular complexity index is 276. The highest BCUT2D eigenvalue weighted by atomic mass is 16.5. The summed E-state index contributed by atoms with van der Waals surface area (Å²) in [6.45, 7) is 2.74. The zero-order valence-electron chi connectivity index (χ0n) is 16.0. The molecular weight excluding hydrogens is 300 g/mol. The molecule has 0 atom stereocenters. The Morgan fingerprint density at radius 1 is 0.667 bits per heavy atom. The molecule has 0 aliphatic carbocycles. The van der Waals surface area contributed by atoms with Gasteiger partial charge >= 0.3 is 5.97 Å². The van der Waals surface area contributed by atoms with Crippen molar-refractivity contribution in [1.29, 1.82) is 0 Å². The van der Waals surface area contributed by atoms with Crippen LogP contribution in [0.4, 0.5) is 0 Å². The molecule has 3 nitrogen and oxygen atoms in total. The van der Waals surface area contributed by atoms with Gasteiger partial charge in [0.2, 0.25) is 0 Å². The van der Waals surface area contributed by atoms with Gasteiger partial charge in [0.15, 0.2) is 0 Å². The second-order valence-electron chi connectivity index (χ2n) is 6.89. The van der Waals surface area contributed by atoms with Crippen molar-refractivity contribution in [2.75, 3.05) is 6.61 Å². The van der Waals surface area contributed by atoms with Crippen molar-refractivity contribution in [3.05, 3.63) is 0 Å². The SMILES string of the molecule is CCCCCCCCCCCCCCCCCCOC(=O)CC=O. The molecule has 0 aliphatic rings. The van der Waals surface area contributed by atoms with Crippen LogP contribution in [0.3, 0.4) is 0 Å². The summed E-state index contributed by atoms with van der Waals surface area (Å²) < 4.78 is 4.93. The van der Waals surface area contributed by atoms with Gasteiger partial charge in [0, 0.05) is 0 Å². The summed E-state index contributed by atoms with van der Waals surface area (Å²) in [5.41, 5.74) is 0. The maximum atomic E-state index is 10.9. The highest BCUT2D eigenvalue weighted by Crippen LogP contribution is 2.13. The molecule has 0 N–H and O–H groups in total. The molecule has 0 radical (unpaired) electrons. The minimum Gasteiger partial charge on any atom is -0.465 e. The third-order valence-corrected chi connectivity index (χ3v) is 4.51. The molecule has 0 amide bonds. The summed E-state index contributed by atoms with van der Waals surface area (Å²) in [4.78, 5) is 21.0. The van der Waals surface area contributed by atoms with Crippen molar-refractivity contribution in [1.82, 2.24) is 0 Å². The van der Waals surface area contributed by atoms with Crippen LogP contribution >= 0.6 is 0 Å². The molecule has 0 heterocycles. The Morgan fingerprint density at radius 3 is 1.42 bits per heavy atom. The standard InChI is InChI=1S/C21H40O3/c1-2-3-4-5-6-7-8-9-10-11-12-13-14-15-16-17-20-24-21(23)18-19-22/h19H,2-18,20H2,1H3. The largest absolute Gasteiger partial charge is 0.465 e. The van der Waals surface area contributed by atoms with E-state index in [0.717, 1.165) is 12.8 Å². The number of esters is 1. The van der Waals surface area contributed by atoms with Gasteiger partial charge in [-0.2, -0.15) is 0 Å². The van der Waals surface area contributed by atoms with Gasteiger partial charge < -0.3 is 9.53 Å². The molecule has 0 rings (SSSR count). The van der Waals surface area contributed by atoms with Gasteiger partial charge in [-0.1, -0.05) is 103 Å². The first-order valence-corrected chi connectivity index (χ1v) is 10.4. The zero-order valence-corrected chi connectivity index (χ0v) is 16.0. The molecule has 0 aromatic carbocycles. The fourth-order valence-electron chi connectivity index (χ4n) is 2.96.